The molecule has 0 N–H and O–H groups in total. The molecule has 0 amide bonds. The number of rotatable bonds is 4. The van der Waals surface area contributed by atoms with E-state index in [1.807, 2.05) is 0 Å². The Labute approximate surface area is 124 Å². The molecule has 2 rings (SSSR count). The fourth-order valence-electron chi connectivity index (χ4n) is 4.09. The van der Waals surface area contributed by atoms with Gasteiger partial charge in [0.15, 0.2) is 0 Å². The Morgan fingerprint density at radius 3 is 1.95 bits per heavy atom. The number of hydrogen-bond acceptors (Lipinski definition) is 2. The maximum atomic E-state index is 12.8. The first-order valence-electron chi connectivity index (χ1n) is 8.44. The third-order valence-corrected chi connectivity index (χ3v) is 5.56. The molecule has 0 bridgehead atoms. The minimum atomic E-state index is -0.212. The maximum Gasteiger partial charge on any atom is 0.313 e. The van der Waals surface area contributed by atoms with Gasteiger partial charge in [-0.1, -0.05) is 40.5 Å². The zero-order valence-electron chi connectivity index (χ0n) is 14.1. The van der Waals surface area contributed by atoms with E-state index in [0.717, 1.165) is 25.7 Å². The monoisotopic (exact) mass is 280 g/mol. The third kappa shape index (κ3) is 3.04. The van der Waals surface area contributed by atoms with Gasteiger partial charge in [0.25, 0.3) is 0 Å². The van der Waals surface area contributed by atoms with E-state index in [9.17, 15) is 4.79 Å². The summed E-state index contributed by atoms with van der Waals surface area (Å²) >= 11 is 0. The van der Waals surface area contributed by atoms with Crippen LogP contribution in [-0.4, -0.2) is 11.6 Å². The van der Waals surface area contributed by atoms with Gasteiger partial charge in [-0.15, -0.1) is 0 Å². The van der Waals surface area contributed by atoms with Crippen molar-refractivity contribution >= 4 is 5.97 Å². The molecule has 1 atom stereocenters. The Morgan fingerprint density at radius 1 is 1.05 bits per heavy atom. The molecule has 20 heavy (non-hydrogen) atoms. The lowest BCUT2D eigenvalue weighted by molar-refractivity contribution is -0.168. The normalized spacial score (nSPS) is 31.7. The quantitative estimate of drug-likeness (QED) is 0.528. The van der Waals surface area contributed by atoms with Gasteiger partial charge in [-0.25, -0.2) is 0 Å². The highest BCUT2D eigenvalue weighted by molar-refractivity contribution is 5.82. The molecule has 2 aliphatic carbocycles. The highest BCUT2D eigenvalue weighted by atomic mass is 16.6. The van der Waals surface area contributed by atoms with Crippen molar-refractivity contribution in [2.45, 2.75) is 91.6 Å². The Bertz CT molecular complexity index is 362. The standard InChI is InChI=1S/C18H32O2/c1-14(2)12-18(13-16(18,3)4)15(19)20-17(5)10-8-6-7-9-11-17/h14H,6-13H2,1-5H3. The summed E-state index contributed by atoms with van der Waals surface area (Å²) in [4.78, 5) is 12.8. The van der Waals surface area contributed by atoms with Gasteiger partial charge >= 0.3 is 5.97 Å². The van der Waals surface area contributed by atoms with E-state index in [4.69, 9.17) is 4.74 Å². The molecule has 116 valence electrons. The summed E-state index contributed by atoms with van der Waals surface area (Å²) in [7, 11) is 0. The van der Waals surface area contributed by atoms with Crippen LogP contribution < -0.4 is 0 Å². The van der Waals surface area contributed by atoms with E-state index in [1.54, 1.807) is 0 Å². The molecule has 0 aromatic heterocycles. The van der Waals surface area contributed by atoms with Crippen molar-refractivity contribution in [1.82, 2.24) is 0 Å². The van der Waals surface area contributed by atoms with E-state index in [1.165, 1.54) is 25.7 Å². The van der Waals surface area contributed by atoms with Crippen LogP contribution in [0.25, 0.3) is 0 Å². The molecule has 0 heterocycles. The summed E-state index contributed by atoms with van der Waals surface area (Å²) in [6, 6.07) is 0. The summed E-state index contributed by atoms with van der Waals surface area (Å²) in [6.07, 6.45) is 9.01. The van der Waals surface area contributed by atoms with Crippen LogP contribution in [0, 0.1) is 16.7 Å². The lowest BCUT2D eigenvalue weighted by Gasteiger charge is -2.32. The molecular weight excluding hydrogens is 248 g/mol. The summed E-state index contributed by atoms with van der Waals surface area (Å²) in [5.74, 6) is 0.631. The van der Waals surface area contributed by atoms with E-state index in [0.29, 0.717) is 5.92 Å². The Hall–Kier alpha value is -0.530. The molecule has 2 fully saturated rings. The largest absolute Gasteiger partial charge is 0.459 e. The summed E-state index contributed by atoms with van der Waals surface area (Å²) in [5.41, 5.74) is -0.303. The van der Waals surface area contributed by atoms with Gasteiger partial charge in [-0.3, -0.25) is 4.79 Å². The molecule has 0 radical (unpaired) electrons. The Balaban J connectivity index is 2.06. The molecule has 0 aromatic rings. The minimum absolute atomic E-state index is 0.0839. The van der Waals surface area contributed by atoms with Crippen molar-refractivity contribution in [2.24, 2.45) is 16.7 Å². The fraction of sp³-hybridized carbons (Fsp3) is 0.944. The average molecular weight is 280 g/mol. The molecule has 2 aliphatic rings. The first-order valence-corrected chi connectivity index (χ1v) is 8.44. The molecule has 2 saturated carbocycles. The summed E-state index contributed by atoms with van der Waals surface area (Å²) in [6.45, 7) is 11.0. The molecule has 0 saturated heterocycles. The first kappa shape index (κ1) is 15.9. The molecule has 0 aromatic carbocycles. The predicted octanol–water partition coefficient (Wildman–Crippen LogP) is 5.10. The van der Waals surface area contributed by atoms with Crippen LogP contribution in [0.15, 0.2) is 0 Å². The lowest BCUT2D eigenvalue weighted by Crippen LogP contribution is -2.36. The van der Waals surface area contributed by atoms with Crippen LogP contribution in [0.3, 0.4) is 0 Å². The predicted molar refractivity (Wildman–Crippen MR) is 82.5 cm³/mol. The zero-order valence-corrected chi connectivity index (χ0v) is 14.1. The number of carbonyl (C=O) groups excluding carboxylic acids is 1. The van der Waals surface area contributed by atoms with Crippen LogP contribution >= 0.6 is 0 Å². The molecule has 1 unspecified atom stereocenters. The van der Waals surface area contributed by atoms with Gasteiger partial charge < -0.3 is 4.74 Å². The topological polar surface area (TPSA) is 26.3 Å². The summed E-state index contributed by atoms with van der Waals surface area (Å²) in [5, 5.41) is 0. The molecule has 2 heteroatoms. The van der Waals surface area contributed by atoms with Crippen LogP contribution in [-0.2, 0) is 9.53 Å². The second kappa shape index (κ2) is 5.35. The maximum absolute atomic E-state index is 12.8. The molecular formula is C18H32O2. The smallest absolute Gasteiger partial charge is 0.313 e. The highest BCUT2D eigenvalue weighted by Gasteiger charge is 2.67. The Morgan fingerprint density at radius 2 is 1.55 bits per heavy atom. The van der Waals surface area contributed by atoms with Gasteiger partial charge in [-0.05, 0) is 56.8 Å². The second-order valence-electron chi connectivity index (χ2n) is 8.49. The van der Waals surface area contributed by atoms with Gasteiger partial charge in [0.1, 0.15) is 5.60 Å². The Kier molecular flexibility index (Phi) is 4.24. The van der Waals surface area contributed by atoms with Gasteiger partial charge in [-0.2, -0.15) is 0 Å². The number of ether oxygens (including phenoxy) is 1. The lowest BCUT2D eigenvalue weighted by atomic mass is 9.86. The first-order chi connectivity index (χ1) is 9.21. The van der Waals surface area contributed by atoms with Gasteiger partial charge in [0.05, 0.1) is 5.41 Å². The SMILES string of the molecule is CC(C)CC1(C(=O)OC2(C)CCCCCC2)CC1(C)C. The van der Waals surface area contributed by atoms with Crippen LogP contribution in [0.5, 0.6) is 0 Å². The molecule has 0 spiro atoms. The van der Waals surface area contributed by atoms with Crippen molar-refractivity contribution in [3.05, 3.63) is 0 Å². The van der Waals surface area contributed by atoms with Crippen molar-refractivity contribution in [3.63, 3.8) is 0 Å². The average Bonchev–Trinajstić information content (AvgIpc) is 2.92. The zero-order chi connectivity index (χ0) is 15.0. The van der Waals surface area contributed by atoms with E-state index >= 15 is 0 Å². The van der Waals surface area contributed by atoms with Crippen LogP contribution in [0.2, 0.25) is 0 Å². The third-order valence-electron chi connectivity index (χ3n) is 5.56. The van der Waals surface area contributed by atoms with Gasteiger partial charge in [0, 0.05) is 0 Å². The molecule has 2 nitrogen and oxygen atoms in total. The minimum Gasteiger partial charge on any atom is -0.459 e. The van der Waals surface area contributed by atoms with Crippen molar-refractivity contribution in [2.75, 3.05) is 0 Å². The van der Waals surface area contributed by atoms with Crippen molar-refractivity contribution < 1.29 is 9.53 Å². The summed E-state index contributed by atoms with van der Waals surface area (Å²) < 4.78 is 6.08. The number of esters is 1. The van der Waals surface area contributed by atoms with E-state index in [-0.39, 0.29) is 22.4 Å². The van der Waals surface area contributed by atoms with Crippen molar-refractivity contribution in [1.29, 1.82) is 0 Å². The van der Waals surface area contributed by atoms with Crippen LogP contribution in [0.1, 0.15) is 86.0 Å². The highest BCUT2D eigenvalue weighted by Crippen LogP contribution is 2.67. The number of hydrogen-bond donors (Lipinski definition) is 0. The van der Waals surface area contributed by atoms with E-state index < -0.39 is 0 Å². The fourth-order valence-corrected chi connectivity index (χ4v) is 4.09. The van der Waals surface area contributed by atoms with Crippen LogP contribution in [0.4, 0.5) is 0 Å². The second-order valence-corrected chi connectivity index (χ2v) is 8.49. The van der Waals surface area contributed by atoms with Crippen molar-refractivity contribution in [3.8, 4) is 0 Å². The van der Waals surface area contributed by atoms with Gasteiger partial charge in [0.2, 0.25) is 0 Å². The van der Waals surface area contributed by atoms with E-state index in [2.05, 4.69) is 34.6 Å². The molecule has 0 aliphatic heterocycles. The number of carbonyl (C=O) groups is 1.